The van der Waals surface area contributed by atoms with Crippen molar-refractivity contribution in [2.24, 2.45) is 0 Å². The Morgan fingerprint density at radius 3 is 2.61 bits per heavy atom. The molecule has 1 aliphatic carbocycles. The molecule has 1 aromatic heterocycles. The SMILES string of the molecule is [2H]C1([2H])C([2H])([2H])C([2H])([2H])C(C#N)(c2ccc(NC(=O)c3cccnc3Cl)cc2)C1([2H])[2H]. The molecule has 1 aliphatic rings. The fourth-order valence-corrected chi connectivity index (χ4v) is 2.31. The second-order valence-electron chi connectivity index (χ2n) is 4.74. The summed E-state index contributed by atoms with van der Waals surface area (Å²) in [5, 5.41) is 12.4. The number of halogens is 1. The number of rotatable bonds is 3. The van der Waals surface area contributed by atoms with Gasteiger partial charge in [-0.25, -0.2) is 4.98 Å². The average molecular weight is 334 g/mol. The average Bonchev–Trinajstić information content (AvgIpc) is 2.75. The van der Waals surface area contributed by atoms with Crippen LogP contribution in [0, 0.1) is 11.3 Å². The molecule has 0 aliphatic heterocycles. The highest BCUT2D eigenvalue weighted by Crippen LogP contribution is 2.40. The molecule has 3 rings (SSSR count). The van der Waals surface area contributed by atoms with Crippen LogP contribution in [0.3, 0.4) is 0 Å². The van der Waals surface area contributed by atoms with Crippen LogP contribution in [-0.2, 0) is 5.41 Å². The van der Waals surface area contributed by atoms with Gasteiger partial charge < -0.3 is 5.32 Å². The van der Waals surface area contributed by atoms with E-state index in [1.807, 2.05) is 0 Å². The van der Waals surface area contributed by atoms with E-state index >= 15 is 0 Å². The van der Waals surface area contributed by atoms with E-state index in [1.54, 1.807) is 0 Å². The molecule has 0 spiro atoms. The molecule has 0 bridgehead atoms. The predicted molar refractivity (Wildman–Crippen MR) is 89.4 cm³/mol. The number of nitriles is 1. The number of carbonyl (C=O) groups excluding carboxylic acids is 1. The second kappa shape index (κ2) is 6.39. The number of hydrogen-bond donors (Lipinski definition) is 1. The number of amides is 1. The molecule has 1 N–H and O–H groups in total. The number of anilines is 1. The molecular formula is C18H16ClN3O. The van der Waals surface area contributed by atoms with E-state index in [0.29, 0.717) is 0 Å². The predicted octanol–water partition coefficient (Wildman–Crippen LogP) is 4.32. The van der Waals surface area contributed by atoms with Crippen molar-refractivity contribution < 1.29 is 15.8 Å². The molecule has 0 radical (unpaired) electrons. The molecule has 1 amide bonds. The van der Waals surface area contributed by atoms with E-state index in [9.17, 15) is 10.1 Å². The molecule has 23 heavy (non-hydrogen) atoms. The van der Waals surface area contributed by atoms with Crippen LogP contribution in [-0.4, -0.2) is 10.9 Å². The highest BCUT2D eigenvalue weighted by molar-refractivity contribution is 6.33. The lowest BCUT2D eigenvalue weighted by atomic mass is 9.80. The lowest BCUT2D eigenvalue weighted by Gasteiger charge is -2.21. The van der Waals surface area contributed by atoms with Crippen LogP contribution in [0.1, 0.15) is 52.4 Å². The second-order valence-corrected chi connectivity index (χ2v) is 5.09. The van der Waals surface area contributed by atoms with Crippen LogP contribution >= 0.6 is 11.6 Å². The normalized spacial score (nSPS) is 29.7. The van der Waals surface area contributed by atoms with Crippen molar-refractivity contribution in [1.29, 1.82) is 5.26 Å². The van der Waals surface area contributed by atoms with Gasteiger partial charge in [0, 0.05) is 22.9 Å². The largest absolute Gasteiger partial charge is 0.322 e. The maximum absolute atomic E-state index is 12.4. The van der Waals surface area contributed by atoms with Crippen LogP contribution in [0.5, 0.6) is 0 Å². The van der Waals surface area contributed by atoms with Crippen LogP contribution in [0.15, 0.2) is 42.6 Å². The lowest BCUT2D eigenvalue weighted by molar-refractivity contribution is 0.102. The van der Waals surface area contributed by atoms with E-state index in [2.05, 4.69) is 10.3 Å². The first kappa shape index (κ1) is 8.47. The van der Waals surface area contributed by atoms with Gasteiger partial charge in [0.2, 0.25) is 0 Å². The maximum Gasteiger partial charge on any atom is 0.258 e. The molecule has 0 saturated heterocycles. The zero-order chi connectivity index (χ0) is 23.5. The van der Waals surface area contributed by atoms with Crippen molar-refractivity contribution in [3.8, 4) is 6.07 Å². The molecule has 2 aromatic rings. The summed E-state index contributed by atoms with van der Waals surface area (Å²) in [5.41, 5.74) is -2.73. The molecule has 116 valence electrons. The fourth-order valence-electron chi connectivity index (χ4n) is 2.10. The first-order valence-corrected chi connectivity index (χ1v) is 7.00. The van der Waals surface area contributed by atoms with Crippen LogP contribution in [0.25, 0.3) is 0 Å². The number of benzene rings is 1. The highest BCUT2D eigenvalue weighted by Gasteiger charge is 2.35. The van der Waals surface area contributed by atoms with Crippen LogP contribution in [0.4, 0.5) is 5.69 Å². The van der Waals surface area contributed by atoms with E-state index in [4.69, 9.17) is 22.6 Å². The summed E-state index contributed by atoms with van der Waals surface area (Å²) in [4.78, 5) is 16.2. The molecule has 1 aromatic carbocycles. The van der Waals surface area contributed by atoms with Gasteiger partial charge in [0.15, 0.2) is 0 Å². The summed E-state index contributed by atoms with van der Waals surface area (Å²) in [6, 6.07) is 9.41. The molecule has 5 heteroatoms. The van der Waals surface area contributed by atoms with Gasteiger partial charge in [-0.2, -0.15) is 5.26 Å². The van der Waals surface area contributed by atoms with Gasteiger partial charge in [-0.3, -0.25) is 4.79 Å². The topological polar surface area (TPSA) is 65.8 Å². The van der Waals surface area contributed by atoms with Crippen LogP contribution in [0.2, 0.25) is 5.15 Å². The number of pyridine rings is 1. The quantitative estimate of drug-likeness (QED) is 0.850. The summed E-state index contributed by atoms with van der Waals surface area (Å²) in [6.45, 7) is 0. The van der Waals surface area contributed by atoms with Gasteiger partial charge >= 0.3 is 0 Å². The summed E-state index contributed by atoms with van der Waals surface area (Å²) >= 11 is 5.89. The minimum atomic E-state index is -3.30. The zero-order valence-electron chi connectivity index (χ0n) is 19.7. The molecule has 1 saturated carbocycles. The van der Waals surface area contributed by atoms with E-state index in [0.717, 1.165) is 12.1 Å². The number of hydrogen-bond acceptors (Lipinski definition) is 3. The number of nitrogens with one attached hydrogen (secondary N) is 1. The van der Waals surface area contributed by atoms with Gasteiger partial charge in [-0.15, -0.1) is 0 Å². The Bertz CT molecular complexity index is 1060. The summed E-state index contributed by atoms with van der Waals surface area (Å²) < 4.78 is 64.8. The van der Waals surface area contributed by atoms with Crippen molar-refractivity contribution >= 4 is 23.2 Å². The van der Waals surface area contributed by atoms with E-state index in [1.165, 1.54) is 36.5 Å². The van der Waals surface area contributed by atoms with E-state index < -0.39 is 36.8 Å². The number of aromatic nitrogens is 1. The molecular weight excluding hydrogens is 310 g/mol. The Morgan fingerprint density at radius 1 is 1.30 bits per heavy atom. The smallest absolute Gasteiger partial charge is 0.258 e. The first-order chi connectivity index (χ1) is 14.2. The number of carbonyl (C=O) groups is 1. The monoisotopic (exact) mass is 333 g/mol. The van der Waals surface area contributed by atoms with Gasteiger partial charge in [0.1, 0.15) is 5.15 Å². The third-order valence-electron chi connectivity index (χ3n) is 3.31. The Balaban J connectivity index is 2.04. The minimum Gasteiger partial charge on any atom is -0.322 e. The van der Waals surface area contributed by atoms with Crippen molar-refractivity contribution in [3.63, 3.8) is 0 Å². The fraction of sp³-hybridized carbons (Fsp3) is 0.278. The Morgan fingerprint density at radius 2 is 2.00 bits per heavy atom. The van der Waals surface area contributed by atoms with Crippen LogP contribution < -0.4 is 5.32 Å². The summed E-state index contributed by atoms with van der Waals surface area (Å²) in [7, 11) is 0. The third kappa shape index (κ3) is 3.06. The molecule has 1 fully saturated rings. The maximum atomic E-state index is 12.4. The third-order valence-corrected chi connectivity index (χ3v) is 3.61. The molecule has 0 unspecified atom stereocenters. The molecule has 4 nitrogen and oxygen atoms in total. The van der Waals surface area contributed by atoms with Gasteiger partial charge in [-0.1, -0.05) is 36.5 Å². The van der Waals surface area contributed by atoms with Crippen molar-refractivity contribution in [1.82, 2.24) is 4.98 Å². The Labute approximate surface area is 151 Å². The first-order valence-electron chi connectivity index (χ1n) is 10.6. The summed E-state index contributed by atoms with van der Waals surface area (Å²) in [6.07, 6.45) is -11.6. The van der Waals surface area contributed by atoms with E-state index in [-0.39, 0.29) is 22.0 Å². The molecule has 0 atom stereocenters. The van der Waals surface area contributed by atoms with Crippen molar-refractivity contribution in [2.75, 3.05) is 5.32 Å². The standard InChI is InChI=1S/C18H16ClN3O/c19-16-15(4-3-11-21-16)17(23)22-14-7-5-13(6-8-14)18(12-20)9-1-2-10-18/h3-8,11H,1-2,9-10H2,(H,22,23)/i1D2,2D2,9D2,10D2. The Hall–Kier alpha value is -2.38. The van der Waals surface area contributed by atoms with Gasteiger partial charge in [-0.05, 0) is 42.6 Å². The van der Waals surface area contributed by atoms with Crippen molar-refractivity contribution in [3.05, 3.63) is 58.9 Å². The zero-order valence-corrected chi connectivity index (χ0v) is 12.5. The molecule has 1 heterocycles. The Kier molecular flexibility index (Phi) is 2.35. The number of nitrogens with zero attached hydrogens (tertiary/aromatic N) is 2. The van der Waals surface area contributed by atoms with Gasteiger partial charge in [0.25, 0.3) is 5.91 Å². The highest BCUT2D eigenvalue weighted by atomic mass is 35.5. The summed E-state index contributed by atoms with van der Waals surface area (Å²) in [5.74, 6) is -0.583. The van der Waals surface area contributed by atoms with Gasteiger partial charge in [0.05, 0.1) is 17.0 Å². The lowest BCUT2D eigenvalue weighted by Crippen LogP contribution is -2.19. The minimum absolute atomic E-state index is 0.0168. The van der Waals surface area contributed by atoms with Crippen molar-refractivity contribution in [2.45, 2.75) is 30.9 Å².